The van der Waals surface area contributed by atoms with Gasteiger partial charge in [-0.1, -0.05) is 30.3 Å². The van der Waals surface area contributed by atoms with Crippen LogP contribution in [0.25, 0.3) is 0 Å². The topological polar surface area (TPSA) is 38.8 Å². The summed E-state index contributed by atoms with van der Waals surface area (Å²) in [5.74, 6) is 1.24. The normalized spacial score (nSPS) is 10.3. The summed E-state index contributed by atoms with van der Waals surface area (Å²) in [5, 5.41) is 0. The van der Waals surface area contributed by atoms with Crippen molar-refractivity contribution in [2.24, 2.45) is 0 Å². The second-order valence-electron chi connectivity index (χ2n) is 5.24. The minimum Gasteiger partial charge on any atom is -0.490 e. The molecule has 122 valence electrons. The molecule has 2 rings (SSSR count). The number of hydrogen-bond donors (Lipinski definition) is 0. The highest BCUT2D eigenvalue weighted by atomic mass is 16.5. The Hall–Kier alpha value is -2.49. The highest BCUT2D eigenvalue weighted by Gasteiger charge is 2.22. The SMILES string of the molecule is CCOc1ccc(C(=O)c2ccccc2)c(N(C)C)c1OCC. The second kappa shape index (κ2) is 7.68. The molecule has 0 aliphatic heterocycles. The third kappa shape index (κ3) is 3.65. The number of carbonyl (C=O) groups is 1. The van der Waals surface area contributed by atoms with Gasteiger partial charge in [-0.15, -0.1) is 0 Å². The van der Waals surface area contributed by atoms with E-state index in [1.807, 2.05) is 63.2 Å². The fourth-order valence-electron chi connectivity index (χ4n) is 2.48. The summed E-state index contributed by atoms with van der Waals surface area (Å²) < 4.78 is 11.4. The van der Waals surface area contributed by atoms with Gasteiger partial charge < -0.3 is 14.4 Å². The molecule has 0 amide bonds. The van der Waals surface area contributed by atoms with Gasteiger partial charge in [0.25, 0.3) is 0 Å². The molecule has 4 nitrogen and oxygen atoms in total. The summed E-state index contributed by atoms with van der Waals surface area (Å²) in [7, 11) is 3.80. The Labute approximate surface area is 137 Å². The first kappa shape index (κ1) is 16.9. The smallest absolute Gasteiger partial charge is 0.195 e. The Morgan fingerprint density at radius 1 is 0.957 bits per heavy atom. The van der Waals surface area contributed by atoms with Crippen molar-refractivity contribution in [3.05, 3.63) is 53.6 Å². The zero-order chi connectivity index (χ0) is 16.8. The quantitative estimate of drug-likeness (QED) is 0.729. The van der Waals surface area contributed by atoms with Gasteiger partial charge in [-0.25, -0.2) is 0 Å². The molecule has 0 aliphatic rings. The van der Waals surface area contributed by atoms with Crippen molar-refractivity contribution in [3.8, 4) is 11.5 Å². The van der Waals surface area contributed by atoms with Gasteiger partial charge in [-0.05, 0) is 26.0 Å². The van der Waals surface area contributed by atoms with Crippen molar-refractivity contribution in [3.63, 3.8) is 0 Å². The average Bonchev–Trinajstić information content (AvgIpc) is 2.56. The van der Waals surface area contributed by atoms with E-state index in [4.69, 9.17) is 9.47 Å². The zero-order valence-electron chi connectivity index (χ0n) is 14.1. The largest absolute Gasteiger partial charge is 0.490 e. The van der Waals surface area contributed by atoms with E-state index < -0.39 is 0 Å². The van der Waals surface area contributed by atoms with Crippen molar-refractivity contribution in [1.29, 1.82) is 0 Å². The molecule has 0 bridgehead atoms. The lowest BCUT2D eigenvalue weighted by molar-refractivity contribution is 0.103. The zero-order valence-corrected chi connectivity index (χ0v) is 14.1. The van der Waals surface area contributed by atoms with Gasteiger partial charge in [0.2, 0.25) is 0 Å². The Morgan fingerprint density at radius 3 is 2.17 bits per heavy atom. The molecule has 0 saturated carbocycles. The van der Waals surface area contributed by atoms with Crippen molar-refractivity contribution in [2.75, 3.05) is 32.2 Å². The van der Waals surface area contributed by atoms with Gasteiger partial charge in [0.15, 0.2) is 17.3 Å². The van der Waals surface area contributed by atoms with Crippen LogP contribution in [0.5, 0.6) is 11.5 Å². The molecule has 0 heterocycles. The molecule has 0 radical (unpaired) electrons. The molecule has 0 atom stereocenters. The van der Waals surface area contributed by atoms with Crippen molar-refractivity contribution >= 4 is 11.5 Å². The lowest BCUT2D eigenvalue weighted by Crippen LogP contribution is -2.17. The molecule has 4 heteroatoms. The highest BCUT2D eigenvalue weighted by molar-refractivity contribution is 6.13. The van der Waals surface area contributed by atoms with Crippen LogP contribution in [0.2, 0.25) is 0 Å². The van der Waals surface area contributed by atoms with E-state index in [1.165, 1.54) is 0 Å². The van der Waals surface area contributed by atoms with E-state index in [1.54, 1.807) is 12.1 Å². The maximum atomic E-state index is 12.9. The fourth-order valence-corrected chi connectivity index (χ4v) is 2.48. The number of ketones is 1. The summed E-state index contributed by atoms with van der Waals surface area (Å²) >= 11 is 0. The molecule has 0 aromatic heterocycles. The third-order valence-corrected chi connectivity index (χ3v) is 3.41. The van der Waals surface area contributed by atoms with Crippen molar-refractivity contribution < 1.29 is 14.3 Å². The number of ether oxygens (including phenoxy) is 2. The Balaban J connectivity index is 2.59. The molecular weight excluding hydrogens is 290 g/mol. The summed E-state index contributed by atoms with van der Waals surface area (Å²) in [5.41, 5.74) is 2.00. The van der Waals surface area contributed by atoms with Crippen LogP contribution < -0.4 is 14.4 Å². The summed E-state index contributed by atoms with van der Waals surface area (Å²) in [6.07, 6.45) is 0. The third-order valence-electron chi connectivity index (χ3n) is 3.41. The first-order valence-corrected chi connectivity index (χ1v) is 7.79. The van der Waals surface area contributed by atoms with Gasteiger partial charge in [0, 0.05) is 25.2 Å². The summed E-state index contributed by atoms with van der Waals surface area (Å²) in [6, 6.07) is 12.9. The van der Waals surface area contributed by atoms with E-state index in [2.05, 4.69) is 0 Å². The van der Waals surface area contributed by atoms with Crippen LogP contribution in [-0.2, 0) is 0 Å². The molecule has 0 unspecified atom stereocenters. The van der Waals surface area contributed by atoms with E-state index in [-0.39, 0.29) is 5.78 Å². The molecule has 0 aliphatic carbocycles. The van der Waals surface area contributed by atoms with E-state index in [0.717, 1.165) is 5.69 Å². The van der Waals surface area contributed by atoms with Gasteiger partial charge in [0.05, 0.1) is 18.9 Å². The van der Waals surface area contributed by atoms with Crippen LogP contribution in [0.15, 0.2) is 42.5 Å². The molecule has 23 heavy (non-hydrogen) atoms. The van der Waals surface area contributed by atoms with E-state index >= 15 is 0 Å². The first-order valence-electron chi connectivity index (χ1n) is 7.79. The standard InChI is InChI=1S/C19H23NO3/c1-5-22-16-13-12-15(17(20(3)4)19(16)23-6-2)18(21)14-10-8-7-9-11-14/h7-13H,5-6H2,1-4H3. The molecular formula is C19H23NO3. The minimum absolute atomic E-state index is 0.0294. The van der Waals surface area contributed by atoms with Gasteiger partial charge in [0.1, 0.15) is 0 Å². The molecule has 0 fully saturated rings. The molecule has 2 aromatic carbocycles. The molecule has 0 saturated heterocycles. The van der Waals surface area contributed by atoms with Crippen LogP contribution in [0, 0.1) is 0 Å². The van der Waals surface area contributed by atoms with E-state index in [0.29, 0.717) is 35.8 Å². The van der Waals surface area contributed by atoms with Gasteiger partial charge >= 0.3 is 0 Å². The predicted octanol–water partition coefficient (Wildman–Crippen LogP) is 3.78. The van der Waals surface area contributed by atoms with E-state index in [9.17, 15) is 4.79 Å². The second-order valence-corrected chi connectivity index (χ2v) is 5.24. The molecule has 2 aromatic rings. The maximum absolute atomic E-state index is 12.9. The van der Waals surface area contributed by atoms with Gasteiger partial charge in [-0.3, -0.25) is 4.79 Å². The summed E-state index contributed by atoms with van der Waals surface area (Å²) in [4.78, 5) is 14.8. The Bertz CT molecular complexity index is 666. The number of benzene rings is 2. The fraction of sp³-hybridized carbons (Fsp3) is 0.316. The van der Waals surface area contributed by atoms with Crippen LogP contribution in [0.1, 0.15) is 29.8 Å². The number of nitrogens with zero attached hydrogens (tertiary/aromatic N) is 1. The Kier molecular flexibility index (Phi) is 5.63. The molecule has 0 N–H and O–H groups in total. The highest BCUT2D eigenvalue weighted by Crippen LogP contribution is 2.40. The van der Waals surface area contributed by atoms with Gasteiger partial charge in [-0.2, -0.15) is 0 Å². The molecule has 0 spiro atoms. The maximum Gasteiger partial charge on any atom is 0.195 e. The predicted molar refractivity (Wildman–Crippen MR) is 93.0 cm³/mol. The van der Waals surface area contributed by atoms with Crippen molar-refractivity contribution in [2.45, 2.75) is 13.8 Å². The number of carbonyl (C=O) groups excluding carboxylic acids is 1. The lowest BCUT2D eigenvalue weighted by Gasteiger charge is -2.23. The Morgan fingerprint density at radius 2 is 1.61 bits per heavy atom. The van der Waals surface area contributed by atoms with Crippen LogP contribution >= 0.6 is 0 Å². The first-order chi connectivity index (χ1) is 11.1. The van der Waals surface area contributed by atoms with Crippen LogP contribution in [0.3, 0.4) is 0 Å². The number of rotatable bonds is 7. The minimum atomic E-state index is -0.0294. The monoisotopic (exact) mass is 313 g/mol. The number of hydrogen-bond acceptors (Lipinski definition) is 4. The summed E-state index contributed by atoms with van der Waals surface area (Å²) in [6.45, 7) is 4.89. The average molecular weight is 313 g/mol. The lowest BCUT2D eigenvalue weighted by atomic mass is 10.00. The van der Waals surface area contributed by atoms with Crippen LogP contribution in [-0.4, -0.2) is 33.1 Å². The van der Waals surface area contributed by atoms with Crippen LogP contribution in [0.4, 0.5) is 5.69 Å². The number of anilines is 1. The van der Waals surface area contributed by atoms with Crippen molar-refractivity contribution in [1.82, 2.24) is 0 Å².